The van der Waals surface area contributed by atoms with E-state index in [1.54, 1.807) is 19.9 Å². The van der Waals surface area contributed by atoms with Crippen LogP contribution in [0.25, 0.3) is 0 Å². The number of halogens is 3. The monoisotopic (exact) mass is 246 g/mol. The molecule has 0 aromatic heterocycles. The Labute approximate surface area is 93.1 Å². The molecule has 2 nitrogen and oxygen atoms in total. The third-order valence-corrected chi connectivity index (χ3v) is 2.30. The Morgan fingerprint density at radius 3 is 2.23 bits per heavy atom. The molecular formula is C8H13Cl3O2. The van der Waals surface area contributed by atoms with Crippen LogP contribution in [-0.2, 0) is 0 Å². The molecule has 0 saturated carbocycles. The molecule has 0 aromatic carbocycles. The van der Waals surface area contributed by atoms with Gasteiger partial charge in [0, 0.05) is 5.92 Å². The second-order valence-corrected chi connectivity index (χ2v) is 5.39. The van der Waals surface area contributed by atoms with Crippen LogP contribution in [0.2, 0.25) is 0 Å². The van der Waals surface area contributed by atoms with Crippen LogP contribution < -0.4 is 0 Å². The Bertz CT molecular complexity index is 186. The molecule has 5 heteroatoms. The Hall–Kier alpha value is 0.530. The van der Waals surface area contributed by atoms with Crippen LogP contribution in [0.1, 0.15) is 13.8 Å². The van der Waals surface area contributed by atoms with Gasteiger partial charge in [0.15, 0.2) is 0 Å². The molecule has 0 rings (SSSR count). The lowest BCUT2D eigenvalue weighted by Crippen LogP contribution is -2.31. The van der Waals surface area contributed by atoms with Crippen molar-refractivity contribution in [3.63, 3.8) is 0 Å². The van der Waals surface area contributed by atoms with Gasteiger partial charge in [0.1, 0.15) is 6.10 Å². The molecule has 2 N–H and O–H groups in total. The van der Waals surface area contributed by atoms with Crippen molar-refractivity contribution in [3.05, 3.63) is 11.6 Å². The molecule has 0 aliphatic rings. The van der Waals surface area contributed by atoms with E-state index in [1.807, 2.05) is 0 Å². The lowest BCUT2D eigenvalue weighted by Gasteiger charge is -2.23. The minimum Gasteiger partial charge on any atom is -0.392 e. The maximum absolute atomic E-state index is 9.48. The molecule has 0 amide bonds. The zero-order chi connectivity index (χ0) is 10.6. The zero-order valence-corrected chi connectivity index (χ0v) is 9.74. The van der Waals surface area contributed by atoms with Crippen molar-refractivity contribution in [3.8, 4) is 0 Å². The topological polar surface area (TPSA) is 40.5 Å². The molecule has 0 spiro atoms. The first-order valence-corrected chi connectivity index (χ1v) is 4.95. The quantitative estimate of drug-likeness (QED) is 0.593. The van der Waals surface area contributed by atoms with Crippen molar-refractivity contribution >= 4 is 34.8 Å². The molecular weight excluding hydrogens is 234 g/mol. The summed E-state index contributed by atoms with van der Waals surface area (Å²) in [6.45, 7) is 3.39. The minimum atomic E-state index is -1.69. The molecule has 0 saturated heterocycles. The van der Waals surface area contributed by atoms with Crippen molar-refractivity contribution in [1.82, 2.24) is 0 Å². The number of hydrogen-bond acceptors (Lipinski definition) is 2. The van der Waals surface area contributed by atoms with Gasteiger partial charge in [-0.2, -0.15) is 0 Å². The van der Waals surface area contributed by atoms with Gasteiger partial charge in [-0.05, 0) is 6.92 Å². The SMILES string of the molecule is C/C(=C\[C@@H](C)[C@H](O)C(Cl)(Cl)Cl)CO. The fourth-order valence-electron chi connectivity index (χ4n) is 0.891. The van der Waals surface area contributed by atoms with Gasteiger partial charge >= 0.3 is 0 Å². The average Bonchev–Trinajstić information content (AvgIpc) is 2.01. The predicted octanol–water partition coefficient (Wildman–Crippen LogP) is 2.29. The molecule has 2 atom stereocenters. The van der Waals surface area contributed by atoms with Crippen LogP contribution in [0, 0.1) is 5.92 Å². The van der Waals surface area contributed by atoms with Gasteiger partial charge in [-0.15, -0.1) is 0 Å². The highest BCUT2D eigenvalue weighted by atomic mass is 35.6. The highest BCUT2D eigenvalue weighted by Gasteiger charge is 2.33. The van der Waals surface area contributed by atoms with Gasteiger partial charge in [0.25, 0.3) is 0 Å². The molecule has 13 heavy (non-hydrogen) atoms. The summed E-state index contributed by atoms with van der Waals surface area (Å²) in [7, 11) is 0. The second-order valence-electron chi connectivity index (χ2n) is 3.02. The Morgan fingerprint density at radius 2 is 1.92 bits per heavy atom. The van der Waals surface area contributed by atoms with Gasteiger partial charge in [0.2, 0.25) is 3.79 Å². The first-order chi connectivity index (χ1) is 5.79. The zero-order valence-electron chi connectivity index (χ0n) is 7.47. The minimum absolute atomic E-state index is 0.0586. The standard InChI is InChI=1S/C8H13Cl3O2/c1-5(4-12)3-6(2)7(13)8(9,10)11/h3,6-7,12-13H,4H2,1-2H3/b5-3+/t6-,7+/m1/s1. The summed E-state index contributed by atoms with van der Waals surface area (Å²) in [5.74, 6) is -0.306. The van der Waals surface area contributed by atoms with Crippen molar-refractivity contribution in [2.75, 3.05) is 6.61 Å². The molecule has 0 aliphatic heterocycles. The largest absolute Gasteiger partial charge is 0.392 e. The lowest BCUT2D eigenvalue weighted by atomic mass is 10.0. The van der Waals surface area contributed by atoms with E-state index < -0.39 is 9.90 Å². The number of aliphatic hydroxyl groups is 2. The Balaban J connectivity index is 4.35. The summed E-state index contributed by atoms with van der Waals surface area (Å²) in [5.41, 5.74) is 0.737. The van der Waals surface area contributed by atoms with Gasteiger partial charge in [-0.1, -0.05) is 53.4 Å². The second kappa shape index (κ2) is 5.42. The van der Waals surface area contributed by atoms with Crippen molar-refractivity contribution in [2.24, 2.45) is 5.92 Å². The lowest BCUT2D eigenvalue weighted by molar-refractivity contribution is 0.141. The summed E-state index contributed by atoms with van der Waals surface area (Å²) >= 11 is 16.5. The van der Waals surface area contributed by atoms with Gasteiger partial charge < -0.3 is 10.2 Å². The van der Waals surface area contributed by atoms with Gasteiger partial charge in [-0.25, -0.2) is 0 Å². The third kappa shape index (κ3) is 5.08. The number of rotatable bonds is 3. The maximum Gasteiger partial charge on any atom is 0.216 e. The molecule has 0 fully saturated rings. The summed E-state index contributed by atoms with van der Waals surface area (Å²) in [5, 5.41) is 18.2. The van der Waals surface area contributed by atoms with Crippen molar-refractivity contribution in [2.45, 2.75) is 23.7 Å². The molecule has 0 aliphatic carbocycles. The maximum atomic E-state index is 9.48. The first-order valence-electron chi connectivity index (χ1n) is 3.82. The van der Waals surface area contributed by atoms with Crippen LogP contribution >= 0.6 is 34.8 Å². The van der Waals surface area contributed by atoms with E-state index in [9.17, 15) is 5.11 Å². The van der Waals surface area contributed by atoms with E-state index in [0.717, 1.165) is 5.57 Å². The van der Waals surface area contributed by atoms with Gasteiger partial charge in [-0.3, -0.25) is 0 Å². The third-order valence-electron chi connectivity index (χ3n) is 1.63. The highest BCUT2D eigenvalue weighted by Crippen LogP contribution is 2.34. The molecule has 0 radical (unpaired) electrons. The molecule has 78 valence electrons. The average molecular weight is 248 g/mol. The van der Waals surface area contributed by atoms with Crippen LogP contribution in [0.15, 0.2) is 11.6 Å². The number of aliphatic hydroxyl groups excluding tert-OH is 2. The van der Waals surface area contributed by atoms with Crippen LogP contribution in [0.4, 0.5) is 0 Å². The number of hydrogen-bond donors (Lipinski definition) is 2. The van der Waals surface area contributed by atoms with E-state index in [0.29, 0.717) is 0 Å². The van der Waals surface area contributed by atoms with E-state index in [2.05, 4.69) is 0 Å². The summed E-state index contributed by atoms with van der Waals surface area (Å²) in [6.07, 6.45) is 0.603. The molecule has 0 unspecified atom stereocenters. The van der Waals surface area contributed by atoms with E-state index in [-0.39, 0.29) is 12.5 Å². The Morgan fingerprint density at radius 1 is 1.46 bits per heavy atom. The summed E-state index contributed by atoms with van der Waals surface area (Å²) < 4.78 is -1.69. The van der Waals surface area contributed by atoms with Crippen LogP contribution in [0.3, 0.4) is 0 Å². The molecule has 0 bridgehead atoms. The highest BCUT2D eigenvalue weighted by molar-refractivity contribution is 6.68. The van der Waals surface area contributed by atoms with E-state index >= 15 is 0 Å². The molecule has 0 heterocycles. The normalized spacial score (nSPS) is 18.5. The van der Waals surface area contributed by atoms with E-state index in [4.69, 9.17) is 39.9 Å². The Kier molecular flexibility index (Phi) is 5.64. The fourth-order valence-corrected chi connectivity index (χ4v) is 1.49. The predicted molar refractivity (Wildman–Crippen MR) is 56.3 cm³/mol. The van der Waals surface area contributed by atoms with Gasteiger partial charge in [0.05, 0.1) is 6.61 Å². The first kappa shape index (κ1) is 13.5. The summed E-state index contributed by atoms with van der Waals surface area (Å²) in [6, 6.07) is 0. The van der Waals surface area contributed by atoms with Crippen LogP contribution in [0.5, 0.6) is 0 Å². The summed E-state index contributed by atoms with van der Waals surface area (Å²) in [4.78, 5) is 0. The fraction of sp³-hybridized carbons (Fsp3) is 0.750. The number of alkyl halides is 3. The smallest absolute Gasteiger partial charge is 0.216 e. The van der Waals surface area contributed by atoms with E-state index in [1.165, 1.54) is 0 Å². The molecule has 0 aromatic rings. The van der Waals surface area contributed by atoms with Crippen LogP contribution in [-0.4, -0.2) is 26.7 Å². The van der Waals surface area contributed by atoms with Crippen molar-refractivity contribution in [1.29, 1.82) is 0 Å². The van der Waals surface area contributed by atoms with Crippen molar-refractivity contribution < 1.29 is 10.2 Å².